The molecule has 3 heteroatoms. The molecule has 0 aromatic rings. The number of nitrogens with one attached hydrogen (secondary N) is 1. The van der Waals surface area contributed by atoms with Gasteiger partial charge in [0.25, 0.3) is 0 Å². The molecule has 1 N–H and O–H groups in total. The number of likely N-dealkylation sites (N-methyl/N-ethyl adjacent to an activating group) is 1. The van der Waals surface area contributed by atoms with E-state index in [0.717, 1.165) is 18.0 Å². The van der Waals surface area contributed by atoms with Crippen molar-refractivity contribution >= 4 is 0 Å². The van der Waals surface area contributed by atoms with Gasteiger partial charge in [0.15, 0.2) is 0 Å². The van der Waals surface area contributed by atoms with Gasteiger partial charge in [0.05, 0.1) is 0 Å². The molecule has 100 valence electrons. The maximum atomic E-state index is 3.60. The van der Waals surface area contributed by atoms with E-state index in [1.807, 2.05) is 0 Å². The Bertz CT molecular complexity index is 240. The molecule has 2 rings (SSSR count). The molecule has 1 saturated carbocycles. The summed E-state index contributed by atoms with van der Waals surface area (Å²) in [5.74, 6) is 0.901. The Balaban J connectivity index is 1.76. The van der Waals surface area contributed by atoms with Gasteiger partial charge in [-0.05, 0) is 45.8 Å². The Morgan fingerprint density at radius 2 is 2.00 bits per heavy atom. The lowest BCUT2D eigenvalue weighted by Gasteiger charge is -2.43. The zero-order valence-electron chi connectivity index (χ0n) is 11.9. The van der Waals surface area contributed by atoms with E-state index < -0.39 is 0 Å². The van der Waals surface area contributed by atoms with E-state index in [4.69, 9.17) is 0 Å². The molecule has 0 aromatic heterocycles. The van der Waals surface area contributed by atoms with E-state index in [-0.39, 0.29) is 0 Å². The monoisotopic (exact) mass is 239 g/mol. The molecule has 3 unspecified atom stereocenters. The molecular formula is C14H29N3. The lowest BCUT2D eigenvalue weighted by molar-refractivity contribution is 0.0754. The van der Waals surface area contributed by atoms with Gasteiger partial charge in [0, 0.05) is 31.2 Å². The standard InChI is InChI=1S/C14H29N3/c1-11(2)15-9-12-5-6-14(12)17-8-7-13(10-17)16(3)4/h11-15H,5-10H2,1-4H3. The number of rotatable bonds is 5. The van der Waals surface area contributed by atoms with Crippen LogP contribution in [0.4, 0.5) is 0 Å². The third kappa shape index (κ3) is 3.21. The highest BCUT2D eigenvalue weighted by Gasteiger charge is 2.38. The van der Waals surface area contributed by atoms with E-state index >= 15 is 0 Å². The van der Waals surface area contributed by atoms with Crippen molar-refractivity contribution < 1.29 is 0 Å². The first-order chi connectivity index (χ1) is 8.08. The Hall–Kier alpha value is -0.120. The minimum absolute atomic E-state index is 0.629. The van der Waals surface area contributed by atoms with Crippen molar-refractivity contribution in [3.05, 3.63) is 0 Å². The van der Waals surface area contributed by atoms with Crippen molar-refractivity contribution in [3.63, 3.8) is 0 Å². The summed E-state index contributed by atoms with van der Waals surface area (Å²) in [6.07, 6.45) is 4.20. The van der Waals surface area contributed by atoms with Gasteiger partial charge in [0.1, 0.15) is 0 Å². The van der Waals surface area contributed by atoms with Crippen molar-refractivity contribution in [3.8, 4) is 0 Å². The summed E-state index contributed by atoms with van der Waals surface area (Å²) in [6.45, 7) is 8.30. The van der Waals surface area contributed by atoms with E-state index in [9.17, 15) is 0 Å². The molecule has 3 nitrogen and oxygen atoms in total. The fraction of sp³-hybridized carbons (Fsp3) is 1.00. The maximum absolute atomic E-state index is 3.60. The largest absolute Gasteiger partial charge is 0.314 e. The molecule has 2 fully saturated rings. The number of hydrogen-bond donors (Lipinski definition) is 1. The lowest BCUT2D eigenvalue weighted by Crippen LogP contribution is -2.51. The second kappa shape index (κ2) is 5.68. The molecule has 0 spiro atoms. The molecule has 3 atom stereocenters. The lowest BCUT2D eigenvalue weighted by atomic mass is 9.78. The highest BCUT2D eigenvalue weighted by molar-refractivity contribution is 4.94. The number of nitrogens with zero attached hydrogens (tertiary/aromatic N) is 2. The van der Waals surface area contributed by atoms with Crippen molar-refractivity contribution in [1.82, 2.24) is 15.1 Å². The molecule has 1 saturated heterocycles. The first-order valence-corrected chi connectivity index (χ1v) is 7.21. The first-order valence-electron chi connectivity index (χ1n) is 7.21. The minimum atomic E-state index is 0.629. The van der Waals surface area contributed by atoms with E-state index in [2.05, 4.69) is 43.1 Å². The van der Waals surface area contributed by atoms with Gasteiger partial charge in [-0.15, -0.1) is 0 Å². The first kappa shape index (κ1) is 13.3. The van der Waals surface area contributed by atoms with Crippen LogP contribution in [0.2, 0.25) is 0 Å². The molecule has 17 heavy (non-hydrogen) atoms. The molecule has 1 aliphatic heterocycles. The summed E-state index contributed by atoms with van der Waals surface area (Å²) >= 11 is 0. The van der Waals surface area contributed by atoms with Crippen LogP contribution >= 0.6 is 0 Å². The topological polar surface area (TPSA) is 18.5 Å². The van der Waals surface area contributed by atoms with Gasteiger partial charge >= 0.3 is 0 Å². The van der Waals surface area contributed by atoms with Gasteiger partial charge < -0.3 is 10.2 Å². The van der Waals surface area contributed by atoms with E-state index in [1.54, 1.807) is 0 Å². The summed E-state index contributed by atoms with van der Waals surface area (Å²) in [4.78, 5) is 5.13. The molecule has 0 bridgehead atoms. The average molecular weight is 239 g/mol. The predicted octanol–water partition coefficient (Wildman–Crippen LogP) is 1.40. The van der Waals surface area contributed by atoms with Crippen LogP contribution in [0.25, 0.3) is 0 Å². The van der Waals surface area contributed by atoms with E-state index in [1.165, 1.54) is 38.9 Å². The van der Waals surface area contributed by atoms with Crippen LogP contribution in [0, 0.1) is 5.92 Å². The van der Waals surface area contributed by atoms with Crippen LogP contribution in [0.15, 0.2) is 0 Å². The van der Waals surface area contributed by atoms with Crippen LogP contribution in [0.3, 0.4) is 0 Å². The molecule has 0 radical (unpaired) electrons. The smallest absolute Gasteiger partial charge is 0.0229 e. The molecule has 0 amide bonds. The third-order valence-electron chi connectivity index (χ3n) is 4.56. The van der Waals surface area contributed by atoms with Gasteiger partial charge in [-0.3, -0.25) is 4.90 Å². The Kier molecular flexibility index (Phi) is 4.45. The van der Waals surface area contributed by atoms with Crippen molar-refractivity contribution in [2.75, 3.05) is 33.7 Å². The number of hydrogen-bond acceptors (Lipinski definition) is 3. The Morgan fingerprint density at radius 1 is 1.24 bits per heavy atom. The van der Waals surface area contributed by atoms with Crippen LogP contribution in [-0.2, 0) is 0 Å². The predicted molar refractivity (Wildman–Crippen MR) is 73.3 cm³/mol. The van der Waals surface area contributed by atoms with Gasteiger partial charge in [-0.25, -0.2) is 0 Å². The van der Waals surface area contributed by atoms with Crippen molar-refractivity contribution in [1.29, 1.82) is 0 Å². The summed E-state index contributed by atoms with van der Waals surface area (Å²) in [5.41, 5.74) is 0. The van der Waals surface area contributed by atoms with Gasteiger partial charge in [-0.2, -0.15) is 0 Å². The summed E-state index contributed by atoms with van der Waals surface area (Å²) in [5, 5.41) is 3.60. The van der Waals surface area contributed by atoms with Gasteiger partial charge in [-0.1, -0.05) is 13.8 Å². The van der Waals surface area contributed by atoms with Crippen LogP contribution < -0.4 is 5.32 Å². The quantitative estimate of drug-likeness (QED) is 0.782. The Labute approximate surface area is 107 Å². The zero-order chi connectivity index (χ0) is 12.4. The van der Waals surface area contributed by atoms with Gasteiger partial charge in [0.2, 0.25) is 0 Å². The fourth-order valence-electron chi connectivity index (χ4n) is 3.15. The van der Waals surface area contributed by atoms with Crippen LogP contribution in [0.1, 0.15) is 33.1 Å². The second-order valence-corrected chi connectivity index (χ2v) is 6.37. The zero-order valence-corrected chi connectivity index (χ0v) is 11.9. The molecule has 1 aliphatic carbocycles. The number of likely N-dealkylation sites (tertiary alicyclic amines) is 1. The summed E-state index contributed by atoms with van der Waals surface area (Å²) in [7, 11) is 4.43. The Morgan fingerprint density at radius 3 is 2.47 bits per heavy atom. The third-order valence-corrected chi connectivity index (χ3v) is 4.56. The van der Waals surface area contributed by atoms with Crippen molar-refractivity contribution in [2.45, 2.75) is 51.2 Å². The second-order valence-electron chi connectivity index (χ2n) is 6.37. The normalized spacial score (nSPS) is 34.6. The average Bonchev–Trinajstić information content (AvgIpc) is 2.64. The highest BCUT2D eigenvalue weighted by Crippen LogP contribution is 2.34. The van der Waals surface area contributed by atoms with Crippen LogP contribution in [0.5, 0.6) is 0 Å². The molecule has 0 aromatic carbocycles. The molecular weight excluding hydrogens is 210 g/mol. The van der Waals surface area contributed by atoms with E-state index in [0.29, 0.717) is 6.04 Å². The molecule has 1 heterocycles. The van der Waals surface area contributed by atoms with Crippen molar-refractivity contribution in [2.24, 2.45) is 5.92 Å². The van der Waals surface area contributed by atoms with Crippen LogP contribution in [-0.4, -0.2) is 61.7 Å². The maximum Gasteiger partial charge on any atom is 0.0229 e. The summed E-state index contributed by atoms with van der Waals surface area (Å²) < 4.78 is 0. The molecule has 2 aliphatic rings. The summed E-state index contributed by atoms with van der Waals surface area (Å²) in [6, 6.07) is 2.28. The highest BCUT2D eigenvalue weighted by atomic mass is 15.3. The minimum Gasteiger partial charge on any atom is -0.314 e. The fourth-order valence-corrected chi connectivity index (χ4v) is 3.15. The SMILES string of the molecule is CC(C)NCC1CCC1N1CCC(N(C)C)C1.